The predicted molar refractivity (Wildman–Crippen MR) is 63.9 cm³/mol. The van der Waals surface area contributed by atoms with E-state index in [-0.39, 0.29) is 24.8 Å². The van der Waals surface area contributed by atoms with Crippen molar-refractivity contribution < 1.29 is 24.4 Å². The molecule has 0 spiro atoms. The zero-order chi connectivity index (χ0) is 9.52. The van der Waals surface area contributed by atoms with E-state index in [2.05, 4.69) is 40.7 Å². The van der Waals surface area contributed by atoms with Gasteiger partial charge < -0.3 is 0 Å². The van der Waals surface area contributed by atoms with Crippen molar-refractivity contribution in [2.75, 3.05) is 0 Å². The smallest absolute Gasteiger partial charge is 0.147 e. The van der Waals surface area contributed by atoms with Crippen LogP contribution in [0, 0.1) is 11.3 Å². The molecule has 0 N–H and O–H groups in total. The summed E-state index contributed by atoms with van der Waals surface area (Å²) in [6.45, 7) is 11.5. The second-order valence-corrected chi connectivity index (χ2v) is 6.59. The van der Waals surface area contributed by atoms with Gasteiger partial charge >= 0.3 is 90.9 Å². The fourth-order valence-electron chi connectivity index (χ4n) is 1.76. The van der Waals surface area contributed by atoms with Crippen LogP contribution in [0.4, 0.5) is 0 Å². The molecule has 1 unspecified atom stereocenters. The van der Waals surface area contributed by atoms with Crippen LogP contribution in [0.2, 0.25) is 0 Å². The molecule has 0 bridgehead atoms. The Morgan fingerprint density at radius 2 is 1.64 bits per heavy atom. The first-order valence-electron chi connectivity index (χ1n) is 4.49. The molecule has 0 nitrogen and oxygen atoms in total. The first kappa shape index (κ1) is 17.3. The van der Waals surface area contributed by atoms with E-state index in [0.29, 0.717) is 11.3 Å². The molecule has 0 saturated heterocycles. The molecule has 0 aromatic heterocycles. The van der Waals surface area contributed by atoms with Crippen LogP contribution < -0.4 is 0 Å². The van der Waals surface area contributed by atoms with Gasteiger partial charge in [0.15, 0.2) is 0 Å². The largest absolute Gasteiger partial charge is 0.147 e. The Kier molecular flexibility index (Phi) is 7.26. The van der Waals surface area contributed by atoms with Crippen molar-refractivity contribution in [1.29, 1.82) is 0 Å². The third-order valence-electron chi connectivity index (χ3n) is 2.49. The number of hydrogen-bond acceptors (Lipinski definition) is 0. The molecule has 3 heteroatoms. The van der Waals surface area contributed by atoms with Crippen LogP contribution in [0.25, 0.3) is 0 Å². The molecule has 1 atom stereocenters. The monoisotopic (exact) mass is 401 g/mol. The average Bonchev–Trinajstić information content (AvgIpc) is 2.15. The van der Waals surface area contributed by atoms with Gasteiger partial charge in [-0.1, -0.05) is 0 Å². The third kappa shape index (κ3) is 3.50. The van der Waals surface area contributed by atoms with Gasteiger partial charge in [-0.15, -0.1) is 24.8 Å². The number of allylic oxidation sites excluding steroid dienone is 4. The van der Waals surface area contributed by atoms with Crippen molar-refractivity contribution in [3.8, 4) is 0 Å². The average molecular weight is 401 g/mol. The standard InChI is InChI=1S/C11H17.2ClH.Hf/c1-8-6-9(2)10(7-8)11(3,4)5;;;/h7-8H,1-5H3;2*1H;. The summed E-state index contributed by atoms with van der Waals surface area (Å²) in [6.07, 6.45) is 2.44. The van der Waals surface area contributed by atoms with Crippen LogP contribution in [0.3, 0.4) is 0 Å². The minimum atomic E-state index is 0. The van der Waals surface area contributed by atoms with Crippen molar-refractivity contribution in [3.05, 3.63) is 20.6 Å². The van der Waals surface area contributed by atoms with Gasteiger partial charge in [0.05, 0.1) is 0 Å². The van der Waals surface area contributed by atoms with E-state index in [4.69, 9.17) is 0 Å². The molecular formula is C11H19Cl2Hf. The molecule has 81 valence electrons. The third-order valence-corrected chi connectivity index (χ3v) is 5.47. The minimum absolute atomic E-state index is 0. The van der Waals surface area contributed by atoms with Crippen LogP contribution in [0.5, 0.6) is 0 Å². The van der Waals surface area contributed by atoms with Gasteiger partial charge in [-0.3, -0.25) is 0 Å². The van der Waals surface area contributed by atoms with Crippen molar-refractivity contribution >= 4 is 24.8 Å². The Morgan fingerprint density at radius 1 is 1.21 bits per heavy atom. The van der Waals surface area contributed by atoms with Gasteiger partial charge in [0.2, 0.25) is 0 Å². The second-order valence-electron chi connectivity index (χ2n) is 4.66. The molecule has 1 rings (SSSR count). The molecule has 1 aliphatic rings. The number of rotatable bonds is 0. The quantitative estimate of drug-likeness (QED) is 0.533. The summed E-state index contributed by atoms with van der Waals surface area (Å²) < 4.78 is 1.68. The van der Waals surface area contributed by atoms with Gasteiger partial charge in [0.25, 0.3) is 0 Å². The fourth-order valence-corrected chi connectivity index (χ4v) is 2.54. The summed E-state index contributed by atoms with van der Waals surface area (Å²) in [5, 5.41) is 0. The first-order chi connectivity index (χ1) is 5.34. The molecular weight excluding hydrogens is 382 g/mol. The Morgan fingerprint density at radius 3 is 1.79 bits per heavy atom. The molecule has 0 aliphatic heterocycles. The van der Waals surface area contributed by atoms with E-state index < -0.39 is 0 Å². The van der Waals surface area contributed by atoms with E-state index in [1.807, 2.05) is 0 Å². The van der Waals surface area contributed by atoms with E-state index in [0.717, 1.165) is 0 Å². The summed E-state index contributed by atoms with van der Waals surface area (Å²) in [5.74, 6) is 0.714. The molecule has 0 aromatic carbocycles. The van der Waals surface area contributed by atoms with E-state index >= 15 is 0 Å². The van der Waals surface area contributed by atoms with Gasteiger partial charge in [0.1, 0.15) is 0 Å². The number of halogens is 2. The Balaban J connectivity index is 0. The molecule has 0 radical (unpaired) electrons. The summed E-state index contributed by atoms with van der Waals surface area (Å²) in [5.41, 5.74) is 3.48. The second kappa shape index (κ2) is 5.86. The topological polar surface area (TPSA) is 0 Å². The van der Waals surface area contributed by atoms with E-state index in [9.17, 15) is 0 Å². The van der Waals surface area contributed by atoms with Crippen molar-refractivity contribution in [1.82, 2.24) is 0 Å². The predicted octanol–water partition coefficient (Wildman–Crippen LogP) is 4.27. The van der Waals surface area contributed by atoms with Crippen LogP contribution in [-0.4, -0.2) is 0 Å². The van der Waals surface area contributed by atoms with Gasteiger partial charge in [-0.25, -0.2) is 0 Å². The molecule has 1 aliphatic carbocycles. The zero-order valence-corrected chi connectivity index (χ0v) is 14.7. The van der Waals surface area contributed by atoms with E-state index in [1.165, 1.54) is 24.4 Å². The molecule has 0 heterocycles. The maximum absolute atomic E-state index is 2.44. The summed E-state index contributed by atoms with van der Waals surface area (Å²) in [7, 11) is 0. The van der Waals surface area contributed by atoms with Crippen LogP contribution >= 0.6 is 24.8 Å². The van der Waals surface area contributed by atoms with Crippen molar-refractivity contribution in [2.24, 2.45) is 11.3 Å². The van der Waals surface area contributed by atoms with Gasteiger partial charge in [0, 0.05) is 0 Å². The summed E-state index contributed by atoms with van der Waals surface area (Å²) in [4.78, 5) is 0. The molecule has 0 fully saturated rings. The molecule has 14 heavy (non-hydrogen) atoms. The van der Waals surface area contributed by atoms with Crippen molar-refractivity contribution in [2.45, 2.75) is 34.6 Å². The van der Waals surface area contributed by atoms with Gasteiger partial charge in [-0.05, 0) is 0 Å². The minimum Gasteiger partial charge on any atom is -0.147 e. The van der Waals surface area contributed by atoms with Crippen molar-refractivity contribution in [3.63, 3.8) is 0 Å². The number of hydrogen-bond donors (Lipinski definition) is 0. The maximum Gasteiger partial charge on any atom is -0.147 e. The summed E-state index contributed by atoms with van der Waals surface area (Å²) >= 11 is 1.22. The van der Waals surface area contributed by atoms with E-state index in [1.54, 1.807) is 14.5 Å². The fraction of sp³-hybridized carbons (Fsp3) is 0.636. The maximum atomic E-state index is 2.44. The van der Waals surface area contributed by atoms with Crippen LogP contribution in [0.1, 0.15) is 34.6 Å². The van der Waals surface area contributed by atoms with Crippen LogP contribution in [0.15, 0.2) is 20.6 Å². The summed E-state index contributed by atoms with van der Waals surface area (Å²) in [6, 6.07) is 0. The molecule has 0 aromatic rings. The SMILES string of the molecule is CC1=[C]([Hf])C(C)C=C1C(C)(C)C.Cl.Cl. The first-order valence-corrected chi connectivity index (χ1v) is 6.28. The zero-order valence-electron chi connectivity index (χ0n) is 9.47. The molecule has 0 amide bonds. The molecule has 0 saturated carbocycles. The Bertz CT molecular complexity index is 259. The Labute approximate surface area is 115 Å². The van der Waals surface area contributed by atoms with Crippen LogP contribution in [-0.2, 0) is 24.4 Å². The normalized spacial score (nSPS) is 21.1. The Hall–Kier alpha value is 0.930. The van der Waals surface area contributed by atoms with Gasteiger partial charge in [-0.2, -0.15) is 0 Å².